The van der Waals surface area contributed by atoms with Crippen molar-refractivity contribution in [2.24, 2.45) is 0 Å². The molecule has 8 nitrogen and oxygen atoms in total. The van der Waals surface area contributed by atoms with Crippen molar-refractivity contribution < 1.29 is 14.4 Å². The Hall–Kier alpha value is -2.64. The Morgan fingerprint density at radius 2 is 2.23 bits per heavy atom. The number of carbonyl (C=O) groups excluding carboxylic acids is 3. The summed E-state index contributed by atoms with van der Waals surface area (Å²) < 4.78 is 1.62. The van der Waals surface area contributed by atoms with Gasteiger partial charge in [-0.05, 0) is 6.08 Å². The van der Waals surface area contributed by atoms with Crippen LogP contribution in [0, 0.1) is 0 Å². The first-order valence-electron chi connectivity index (χ1n) is 7.01. The third kappa shape index (κ3) is 3.51. The Morgan fingerprint density at radius 1 is 1.45 bits per heavy atom. The highest BCUT2D eigenvalue weighted by Gasteiger charge is 2.28. The molecule has 1 N–H and O–H groups in total. The molecular weight excluding hydrogens is 286 g/mol. The molecule has 22 heavy (non-hydrogen) atoms. The second kappa shape index (κ2) is 6.88. The highest BCUT2D eigenvalue weighted by Crippen LogP contribution is 2.15. The van der Waals surface area contributed by atoms with Gasteiger partial charge in [-0.1, -0.05) is 6.58 Å². The van der Waals surface area contributed by atoms with Crippen LogP contribution in [0.2, 0.25) is 0 Å². The largest absolute Gasteiger partial charge is 0.359 e. The molecule has 3 amide bonds. The van der Waals surface area contributed by atoms with Crippen LogP contribution in [0.25, 0.3) is 0 Å². The first kappa shape index (κ1) is 15.7. The van der Waals surface area contributed by atoms with Crippen molar-refractivity contribution in [2.45, 2.75) is 13.0 Å². The first-order chi connectivity index (χ1) is 10.5. The van der Waals surface area contributed by atoms with Crippen LogP contribution in [0.4, 0.5) is 5.82 Å². The summed E-state index contributed by atoms with van der Waals surface area (Å²) in [5, 5.41) is 6.84. The molecule has 0 saturated carbocycles. The zero-order valence-corrected chi connectivity index (χ0v) is 12.5. The molecule has 8 heteroatoms. The van der Waals surface area contributed by atoms with Gasteiger partial charge in [-0.3, -0.25) is 24.0 Å². The van der Waals surface area contributed by atoms with Crippen LogP contribution in [0.15, 0.2) is 24.9 Å². The number of nitrogens with one attached hydrogen (secondary N) is 1. The second-order valence-electron chi connectivity index (χ2n) is 4.87. The van der Waals surface area contributed by atoms with Crippen molar-refractivity contribution >= 4 is 23.5 Å². The van der Waals surface area contributed by atoms with Crippen molar-refractivity contribution in [2.75, 3.05) is 31.6 Å². The number of hydrogen-bond acceptors (Lipinski definition) is 4. The summed E-state index contributed by atoms with van der Waals surface area (Å²) >= 11 is 0. The zero-order valence-electron chi connectivity index (χ0n) is 12.5. The Morgan fingerprint density at radius 3 is 2.86 bits per heavy atom. The van der Waals surface area contributed by atoms with E-state index < -0.39 is 0 Å². The number of rotatable bonds is 5. The molecule has 0 atom stereocenters. The zero-order chi connectivity index (χ0) is 16.1. The fourth-order valence-electron chi connectivity index (χ4n) is 2.19. The molecule has 1 aromatic heterocycles. The van der Waals surface area contributed by atoms with Crippen LogP contribution in [-0.4, -0.2) is 59.1 Å². The molecular formula is C14H19N5O3. The summed E-state index contributed by atoms with van der Waals surface area (Å²) in [6, 6.07) is 1.73. The predicted octanol–water partition coefficient (Wildman–Crippen LogP) is -0.620. The standard InChI is InChI=1S/C14H19N5O3/c1-3-13(21)17-8-9-19(14(22)10-17)11-4-6-18(16-11)7-5-12(20)15-2/h3-4,6H,1,5,7-10H2,2H3,(H,15,20). The van der Waals surface area contributed by atoms with E-state index in [4.69, 9.17) is 0 Å². The molecule has 0 unspecified atom stereocenters. The minimum atomic E-state index is -0.246. The van der Waals surface area contributed by atoms with Crippen molar-refractivity contribution in [1.82, 2.24) is 20.0 Å². The maximum absolute atomic E-state index is 12.1. The fraction of sp³-hybridized carbons (Fsp3) is 0.429. The van der Waals surface area contributed by atoms with E-state index in [1.54, 1.807) is 28.9 Å². The van der Waals surface area contributed by atoms with Crippen LogP contribution < -0.4 is 10.2 Å². The van der Waals surface area contributed by atoms with Gasteiger partial charge in [0.25, 0.3) is 0 Å². The minimum Gasteiger partial charge on any atom is -0.359 e. The molecule has 118 valence electrons. The molecule has 2 rings (SSSR count). The van der Waals surface area contributed by atoms with Crippen molar-refractivity contribution in [3.8, 4) is 0 Å². The summed E-state index contributed by atoms with van der Waals surface area (Å²) in [7, 11) is 1.58. The number of aryl methyl sites for hydroxylation is 1. The lowest BCUT2D eigenvalue weighted by Crippen LogP contribution is -2.52. The van der Waals surface area contributed by atoms with Gasteiger partial charge >= 0.3 is 0 Å². The normalized spacial score (nSPS) is 14.9. The van der Waals surface area contributed by atoms with Gasteiger partial charge in [0, 0.05) is 45.4 Å². The molecule has 1 saturated heterocycles. The quantitative estimate of drug-likeness (QED) is 0.735. The molecule has 0 radical (unpaired) electrons. The average Bonchev–Trinajstić information content (AvgIpc) is 3.00. The van der Waals surface area contributed by atoms with Crippen LogP contribution in [0.3, 0.4) is 0 Å². The number of hydrogen-bond donors (Lipinski definition) is 1. The maximum Gasteiger partial charge on any atom is 0.247 e. The lowest BCUT2D eigenvalue weighted by Gasteiger charge is -2.32. The summed E-state index contributed by atoms with van der Waals surface area (Å²) in [4.78, 5) is 37.9. The number of carbonyl (C=O) groups is 3. The lowest BCUT2D eigenvalue weighted by atomic mass is 10.3. The molecule has 1 fully saturated rings. The predicted molar refractivity (Wildman–Crippen MR) is 80.0 cm³/mol. The van der Waals surface area contributed by atoms with Gasteiger partial charge in [-0.15, -0.1) is 0 Å². The van der Waals surface area contributed by atoms with Crippen LogP contribution >= 0.6 is 0 Å². The van der Waals surface area contributed by atoms with E-state index in [1.807, 2.05) is 0 Å². The summed E-state index contributed by atoms with van der Waals surface area (Å²) in [5.74, 6) is 0.0411. The SMILES string of the molecule is C=CC(=O)N1CCN(c2ccn(CCC(=O)NC)n2)C(=O)C1. The molecule has 1 aliphatic heterocycles. The number of nitrogens with zero attached hydrogens (tertiary/aromatic N) is 4. The molecule has 0 spiro atoms. The topological polar surface area (TPSA) is 87.5 Å². The van der Waals surface area contributed by atoms with E-state index in [2.05, 4.69) is 17.0 Å². The highest BCUT2D eigenvalue weighted by atomic mass is 16.2. The van der Waals surface area contributed by atoms with E-state index in [0.29, 0.717) is 31.9 Å². The molecule has 0 bridgehead atoms. The monoisotopic (exact) mass is 305 g/mol. The highest BCUT2D eigenvalue weighted by molar-refractivity contribution is 5.98. The van der Waals surface area contributed by atoms with Crippen molar-refractivity contribution in [3.05, 3.63) is 24.9 Å². The maximum atomic E-state index is 12.1. The average molecular weight is 305 g/mol. The second-order valence-corrected chi connectivity index (χ2v) is 4.87. The lowest BCUT2D eigenvalue weighted by molar-refractivity contribution is -0.133. The Bertz CT molecular complexity index is 595. The van der Waals surface area contributed by atoms with E-state index in [-0.39, 0.29) is 24.3 Å². The first-order valence-corrected chi connectivity index (χ1v) is 7.01. The van der Waals surface area contributed by atoms with Gasteiger partial charge in [0.15, 0.2) is 5.82 Å². The molecule has 0 aliphatic carbocycles. The number of piperazine rings is 1. The van der Waals surface area contributed by atoms with Crippen LogP contribution in [-0.2, 0) is 20.9 Å². The summed E-state index contributed by atoms with van der Waals surface area (Å²) in [6.45, 7) is 4.73. The van der Waals surface area contributed by atoms with E-state index in [0.717, 1.165) is 0 Å². The molecule has 2 heterocycles. The molecule has 1 aromatic rings. The van der Waals surface area contributed by atoms with E-state index in [1.165, 1.54) is 11.0 Å². The Labute approximate surface area is 128 Å². The third-order valence-corrected chi connectivity index (χ3v) is 3.46. The minimum absolute atomic E-state index is 0.0238. The van der Waals surface area contributed by atoms with Gasteiger partial charge in [-0.2, -0.15) is 5.10 Å². The smallest absolute Gasteiger partial charge is 0.247 e. The Kier molecular flexibility index (Phi) is 4.92. The number of aromatic nitrogens is 2. The molecule has 0 aromatic carbocycles. The fourth-order valence-corrected chi connectivity index (χ4v) is 2.19. The van der Waals surface area contributed by atoms with Crippen LogP contribution in [0.1, 0.15) is 6.42 Å². The van der Waals surface area contributed by atoms with Crippen molar-refractivity contribution in [1.29, 1.82) is 0 Å². The van der Waals surface area contributed by atoms with Gasteiger partial charge in [0.2, 0.25) is 17.7 Å². The Balaban J connectivity index is 1.97. The van der Waals surface area contributed by atoms with E-state index >= 15 is 0 Å². The number of amides is 3. The van der Waals surface area contributed by atoms with Crippen LogP contribution in [0.5, 0.6) is 0 Å². The van der Waals surface area contributed by atoms with Gasteiger partial charge < -0.3 is 10.2 Å². The summed E-state index contributed by atoms with van der Waals surface area (Å²) in [5.41, 5.74) is 0. The van der Waals surface area contributed by atoms with Gasteiger partial charge in [0.1, 0.15) is 6.54 Å². The summed E-state index contributed by atoms with van der Waals surface area (Å²) in [6.07, 6.45) is 3.26. The van der Waals surface area contributed by atoms with E-state index in [9.17, 15) is 14.4 Å². The van der Waals surface area contributed by atoms with Gasteiger partial charge in [0.05, 0.1) is 0 Å². The van der Waals surface area contributed by atoms with Gasteiger partial charge in [-0.25, -0.2) is 0 Å². The molecule has 1 aliphatic rings. The third-order valence-electron chi connectivity index (χ3n) is 3.46. The number of anilines is 1. The van der Waals surface area contributed by atoms with Crippen molar-refractivity contribution in [3.63, 3.8) is 0 Å².